The third-order valence-corrected chi connectivity index (χ3v) is 1.96. The number of aromatic hydroxyl groups is 1. The summed E-state index contributed by atoms with van der Waals surface area (Å²) in [6.45, 7) is 0. The zero-order valence-electron chi connectivity index (χ0n) is 7.28. The van der Waals surface area contributed by atoms with Gasteiger partial charge in [0.25, 0.3) is 0 Å². The standard InChI is InChI=1S/C9H7ClO4/c1-14-9(13)6-2-5(4-11)8(12)3-7(6)10/h2-4,12H,1H3. The first kappa shape index (κ1) is 10.5. The van der Waals surface area contributed by atoms with E-state index in [2.05, 4.69) is 4.74 Å². The molecule has 0 aliphatic carbocycles. The van der Waals surface area contributed by atoms with Gasteiger partial charge in [0.1, 0.15) is 5.75 Å². The lowest BCUT2D eigenvalue weighted by Gasteiger charge is -2.04. The van der Waals surface area contributed by atoms with Crippen molar-refractivity contribution in [1.29, 1.82) is 0 Å². The summed E-state index contributed by atoms with van der Waals surface area (Å²) >= 11 is 5.66. The van der Waals surface area contributed by atoms with Crippen LogP contribution in [0.3, 0.4) is 0 Å². The van der Waals surface area contributed by atoms with Gasteiger partial charge in [-0.15, -0.1) is 0 Å². The molecule has 1 rings (SSSR count). The van der Waals surface area contributed by atoms with Crippen LogP contribution in [-0.2, 0) is 4.74 Å². The minimum absolute atomic E-state index is 0.00481. The first-order valence-corrected chi connectivity index (χ1v) is 4.04. The van der Waals surface area contributed by atoms with Crippen molar-refractivity contribution in [3.63, 3.8) is 0 Å². The van der Waals surface area contributed by atoms with Gasteiger partial charge in [-0.1, -0.05) is 11.6 Å². The van der Waals surface area contributed by atoms with Crippen LogP contribution in [0.25, 0.3) is 0 Å². The maximum absolute atomic E-state index is 11.1. The molecular weight excluding hydrogens is 208 g/mol. The molecule has 0 saturated heterocycles. The molecule has 0 unspecified atom stereocenters. The maximum Gasteiger partial charge on any atom is 0.339 e. The van der Waals surface area contributed by atoms with Gasteiger partial charge < -0.3 is 9.84 Å². The van der Waals surface area contributed by atoms with Crippen molar-refractivity contribution in [2.45, 2.75) is 0 Å². The van der Waals surface area contributed by atoms with Gasteiger partial charge in [0.05, 0.1) is 23.3 Å². The third-order valence-electron chi connectivity index (χ3n) is 1.65. The summed E-state index contributed by atoms with van der Waals surface area (Å²) in [5.74, 6) is -0.921. The first-order valence-electron chi connectivity index (χ1n) is 3.66. The highest BCUT2D eigenvalue weighted by molar-refractivity contribution is 6.33. The summed E-state index contributed by atoms with van der Waals surface area (Å²) in [4.78, 5) is 21.6. The highest BCUT2D eigenvalue weighted by atomic mass is 35.5. The largest absolute Gasteiger partial charge is 0.507 e. The molecule has 0 heterocycles. The van der Waals surface area contributed by atoms with Crippen LogP contribution in [0.1, 0.15) is 20.7 Å². The fourth-order valence-corrected chi connectivity index (χ4v) is 1.18. The Morgan fingerprint density at radius 1 is 1.57 bits per heavy atom. The van der Waals surface area contributed by atoms with E-state index in [0.717, 1.165) is 6.07 Å². The van der Waals surface area contributed by atoms with E-state index in [1.54, 1.807) is 0 Å². The highest BCUT2D eigenvalue weighted by Crippen LogP contribution is 2.25. The summed E-state index contributed by atoms with van der Waals surface area (Å²) in [7, 11) is 1.20. The smallest absolute Gasteiger partial charge is 0.339 e. The van der Waals surface area contributed by atoms with Crippen molar-refractivity contribution < 1.29 is 19.4 Å². The van der Waals surface area contributed by atoms with Crippen molar-refractivity contribution in [2.75, 3.05) is 7.11 Å². The van der Waals surface area contributed by atoms with Gasteiger partial charge in [0.15, 0.2) is 6.29 Å². The van der Waals surface area contributed by atoms with Crippen molar-refractivity contribution in [3.8, 4) is 5.75 Å². The minimum atomic E-state index is -0.655. The molecule has 0 spiro atoms. The second kappa shape index (κ2) is 4.11. The molecule has 0 aliphatic heterocycles. The number of phenolic OH excluding ortho intramolecular Hbond substituents is 1. The summed E-state index contributed by atoms with van der Waals surface area (Å²) in [5, 5.41) is 9.24. The van der Waals surface area contributed by atoms with E-state index in [0.29, 0.717) is 6.29 Å². The molecule has 1 N–H and O–H groups in total. The molecule has 74 valence electrons. The number of methoxy groups -OCH3 is 1. The monoisotopic (exact) mass is 214 g/mol. The Hall–Kier alpha value is -1.55. The van der Waals surface area contributed by atoms with E-state index >= 15 is 0 Å². The molecule has 0 saturated carbocycles. The number of halogens is 1. The number of rotatable bonds is 2. The molecule has 0 radical (unpaired) electrons. The van der Waals surface area contributed by atoms with Gasteiger partial charge in [-0.2, -0.15) is 0 Å². The second-order valence-electron chi connectivity index (χ2n) is 2.50. The number of carbonyl (C=O) groups excluding carboxylic acids is 2. The molecule has 0 aromatic heterocycles. The number of hydrogen-bond acceptors (Lipinski definition) is 4. The Morgan fingerprint density at radius 2 is 2.21 bits per heavy atom. The minimum Gasteiger partial charge on any atom is -0.507 e. The SMILES string of the molecule is COC(=O)c1cc(C=O)c(O)cc1Cl. The quantitative estimate of drug-likeness (QED) is 0.601. The molecule has 0 atom stereocenters. The number of ether oxygens (including phenoxy) is 1. The lowest BCUT2D eigenvalue weighted by molar-refractivity contribution is 0.0601. The molecule has 14 heavy (non-hydrogen) atoms. The molecule has 4 nitrogen and oxygen atoms in total. The van der Waals surface area contributed by atoms with Gasteiger partial charge in [0, 0.05) is 6.07 Å². The van der Waals surface area contributed by atoms with Gasteiger partial charge >= 0.3 is 5.97 Å². The highest BCUT2D eigenvalue weighted by Gasteiger charge is 2.14. The van der Waals surface area contributed by atoms with E-state index in [4.69, 9.17) is 11.6 Å². The average Bonchev–Trinajstić information content (AvgIpc) is 2.17. The van der Waals surface area contributed by atoms with Gasteiger partial charge in [0.2, 0.25) is 0 Å². The Kier molecular flexibility index (Phi) is 3.09. The molecular formula is C9H7ClO4. The van der Waals surface area contributed by atoms with Gasteiger partial charge in [-0.25, -0.2) is 4.79 Å². The van der Waals surface area contributed by atoms with E-state index in [9.17, 15) is 14.7 Å². The van der Waals surface area contributed by atoms with E-state index in [1.807, 2.05) is 0 Å². The van der Waals surface area contributed by atoms with Crippen LogP contribution in [0.15, 0.2) is 12.1 Å². The van der Waals surface area contributed by atoms with Crippen molar-refractivity contribution in [3.05, 3.63) is 28.3 Å². The van der Waals surface area contributed by atoms with Gasteiger partial charge in [-0.3, -0.25) is 4.79 Å². The summed E-state index contributed by atoms with van der Waals surface area (Å²) < 4.78 is 4.44. The average molecular weight is 215 g/mol. The number of esters is 1. The molecule has 0 amide bonds. The summed E-state index contributed by atoms with van der Waals surface area (Å²) in [5.41, 5.74) is 0.0452. The van der Waals surface area contributed by atoms with E-state index in [1.165, 1.54) is 13.2 Å². The first-order chi connectivity index (χ1) is 6.60. The maximum atomic E-state index is 11.1. The number of benzene rings is 1. The molecule has 0 aliphatic rings. The predicted molar refractivity (Wildman–Crippen MR) is 49.8 cm³/mol. The predicted octanol–water partition coefficient (Wildman–Crippen LogP) is 1.64. The lowest BCUT2D eigenvalue weighted by Crippen LogP contribution is -2.03. The van der Waals surface area contributed by atoms with Crippen LogP contribution in [0.5, 0.6) is 5.75 Å². The third kappa shape index (κ3) is 1.85. The summed E-state index contributed by atoms with van der Waals surface area (Å²) in [6.07, 6.45) is 0.429. The molecule has 0 fully saturated rings. The van der Waals surface area contributed by atoms with Crippen molar-refractivity contribution in [1.82, 2.24) is 0 Å². The zero-order valence-corrected chi connectivity index (χ0v) is 8.04. The molecule has 5 heteroatoms. The van der Waals surface area contributed by atoms with Crippen LogP contribution in [0.4, 0.5) is 0 Å². The van der Waals surface area contributed by atoms with Crippen LogP contribution >= 0.6 is 11.6 Å². The van der Waals surface area contributed by atoms with Gasteiger partial charge in [-0.05, 0) is 6.07 Å². The van der Waals surface area contributed by atoms with Crippen molar-refractivity contribution in [2.24, 2.45) is 0 Å². The van der Waals surface area contributed by atoms with Crippen molar-refractivity contribution >= 4 is 23.9 Å². The van der Waals surface area contributed by atoms with Crippen LogP contribution in [0, 0.1) is 0 Å². The number of carbonyl (C=O) groups is 2. The number of aldehydes is 1. The van der Waals surface area contributed by atoms with Crippen LogP contribution in [-0.4, -0.2) is 24.5 Å². The molecule has 1 aromatic carbocycles. The Morgan fingerprint density at radius 3 is 2.71 bits per heavy atom. The lowest BCUT2D eigenvalue weighted by atomic mass is 10.1. The zero-order chi connectivity index (χ0) is 10.7. The second-order valence-corrected chi connectivity index (χ2v) is 2.91. The fourth-order valence-electron chi connectivity index (χ4n) is 0.940. The Labute approximate surface area is 85.1 Å². The number of phenols is 1. The normalized spacial score (nSPS) is 9.57. The fraction of sp³-hybridized carbons (Fsp3) is 0.111. The Bertz CT molecular complexity index is 387. The van der Waals surface area contributed by atoms with Crippen LogP contribution < -0.4 is 0 Å². The molecule has 1 aromatic rings. The number of hydrogen-bond donors (Lipinski definition) is 1. The van der Waals surface area contributed by atoms with E-state index < -0.39 is 5.97 Å². The topological polar surface area (TPSA) is 63.6 Å². The molecule has 0 bridgehead atoms. The summed E-state index contributed by atoms with van der Waals surface area (Å²) in [6, 6.07) is 2.30. The Balaban J connectivity index is 3.30. The van der Waals surface area contributed by atoms with E-state index in [-0.39, 0.29) is 21.9 Å². The van der Waals surface area contributed by atoms with Crippen LogP contribution in [0.2, 0.25) is 5.02 Å².